The van der Waals surface area contributed by atoms with Crippen LogP contribution in [-0.2, 0) is 14.3 Å². The molecule has 2 unspecified atom stereocenters. The van der Waals surface area contributed by atoms with Gasteiger partial charge in [0.05, 0.1) is 12.2 Å². The number of hydrogen-bond acceptors (Lipinski definition) is 5. The first-order chi connectivity index (χ1) is 15.6. The van der Waals surface area contributed by atoms with Gasteiger partial charge < -0.3 is 25.0 Å². The number of benzene rings is 1. The van der Waals surface area contributed by atoms with E-state index in [1.807, 2.05) is 45.6 Å². The fraction of sp³-hybridized carbons (Fsp3) is 0.692. The molecule has 7 nitrogen and oxygen atoms in total. The summed E-state index contributed by atoms with van der Waals surface area (Å²) in [4.78, 5) is 27.2. The summed E-state index contributed by atoms with van der Waals surface area (Å²) in [6, 6.07) is 10.4. The molecule has 2 heterocycles. The van der Waals surface area contributed by atoms with Crippen molar-refractivity contribution in [2.45, 2.75) is 90.2 Å². The molecule has 0 saturated carbocycles. The Balaban J connectivity index is 1.43. The van der Waals surface area contributed by atoms with Gasteiger partial charge in [-0.15, -0.1) is 0 Å². The van der Waals surface area contributed by atoms with Crippen molar-refractivity contribution in [3.05, 3.63) is 35.9 Å². The third-order valence-electron chi connectivity index (χ3n) is 6.31. The maximum atomic E-state index is 13.1. The van der Waals surface area contributed by atoms with E-state index in [-0.39, 0.29) is 24.0 Å². The minimum absolute atomic E-state index is 0.0233. The molecule has 33 heavy (non-hydrogen) atoms. The van der Waals surface area contributed by atoms with Gasteiger partial charge in [0.2, 0.25) is 5.91 Å². The smallest absolute Gasteiger partial charge is 0.408 e. The molecule has 3 rings (SSSR count). The van der Waals surface area contributed by atoms with E-state index in [0.29, 0.717) is 19.1 Å². The molecular formula is C26H41N3O4. The number of likely N-dealkylation sites (tertiary alicyclic amines) is 1. The molecule has 0 aromatic heterocycles. The minimum Gasteiger partial charge on any atom is -0.444 e. The van der Waals surface area contributed by atoms with E-state index >= 15 is 0 Å². The van der Waals surface area contributed by atoms with Gasteiger partial charge in [0.25, 0.3) is 0 Å². The zero-order valence-electron chi connectivity index (χ0n) is 20.8. The second kappa shape index (κ2) is 11.3. The lowest BCUT2D eigenvalue weighted by atomic mass is 9.96. The number of ether oxygens (including phenoxy) is 2. The van der Waals surface area contributed by atoms with Crippen LogP contribution in [0.3, 0.4) is 0 Å². The van der Waals surface area contributed by atoms with Crippen LogP contribution in [-0.4, -0.2) is 60.4 Å². The van der Waals surface area contributed by atoms with Gasteiger partial charge in [0.15, 0.2) is 0 Å². The Labute approximate surface area is 198 Å². The lowest BCUT2D eigenvalue weighted by Gasteiger charge is -2.38. The maximum Gasteiger partial charge on any atom is 0.408 e. The number of nitrogens with one attached hydrogen (secondary N) is 2. The van der Waals surface area contributed by atoms with Crippen LogP contribution in [0, 0.1) is 5.92 Å². The van der Waals surface area contributed by atoms with Crippen molar-refractivity contribution in [1.82, 2.24) is 15.5 Å². The highest BCUT2D eigenvalue weighted by Gasteiger charge is 2.33. The van der Waals surface area contributed by atoms with Gasteiger partial charge in [-0.2, -0.15) is 0 Å². The number of carbonyl (C=O) groups is 2. The third kappa shape index (κ3) is 7.71. The highest BCUT2D eigenvalue weighted by Crippen LogP contribution is 2.26. The third-order valence-corrected chi connectivity index (χ3v) is 6.31. The van der Waals surface area contributed by atoms with E-state index in [1.54, 1.807) is 0 Å². The monoisotopic (exact) mass is 459 g/mol. The molecule has 0 radical (unpaired) electrons. The van der Waals surface area contributed by atoms with E-state index in [2.05, 4.69) is 34.9 Å². The SMILES string of the molecule is CC(C)[C@H](NC(=O)OC(C)(C)C)C(=O)N1CCC(OC2CCC(c3ccccc3)NC2)CC1. The van der Waals surface area contributed by atoms with Crippen molar-refractivity contribution in [2.75, 3.05) is 19.6 Å². The van der Waals surface area contributed by atoms with Crippen molar-refractivity contribution >= 4 is 12.0 Å². The molecule has 2 saturated heterocycles. The van der Waals surface area contributed by atoms with Crippen molar-refractivity contribution in [3.63, 3.8) is 0 Å². The zero-order valence-corrected chi connectivity index (χ0v) is 20.8. The summed E-state index contributed by atoms with van der Waals surface area (Å²) in [7, 11) is 0. The highest BCUT2D eigenvalue weighted by atomic mass is 16.6. The molecule has 1 aromatic carbocycles. The van der Waals surface area contributed by atoms with Gasteiger partial charge in [0, 0.05) is 25.7 Å². The summed E-state index contributed by atoms with van der Waals surface area (Å²) in [6.07, 6.45) is 3.59. The van der Waals surface area contributed by atoms with Crippen LogP contribution >= 0.6 is 0 Å². The second-order valence-electron chi connectivity index (χ2n) is 10.6. The minimum atomic E-state index is -0.598. The molecule has 2 aliphatic rings. The predicted molar refractivity (Wildman–Crippen MR) is 129 cm³/mol. The fourth-order valence-corrected chi connectivity index (χ4v) is 4.55. The fourth-order valence-electron chi connectivity index (χ4n) is 4.55. The van der Waals surface area contributed by atoms with Crippen LogP contribution in [0.5, 0.6) is 0 Å². The standard InChI is InChI=1S/C26H41N3O4/c1-18(2)23(28-25(31)33-26(3,4)5)24(30)29-15-13-20(14-16-29)32-21-11-12-22(27-17-21)19-9-7-6-8-10-19/h6-10,18,20-23,27H,11-17H2,1-5H3,(H,28,31)/t21?,22?,23-/m0/s1. The first kappa shape index (κ1) is 25.5. The maximum absolute atomic E-state index is 13.1. The average Bonchev–Trinajstić information content (AvgIpc) is 2.77. The molecule has 0 aliphatic carbocycles. The molecule has 184 valence electrons. The van der Waals surface area contributed by atoms with E-state index in [4.69, 9.17) is 9.47 Å². The molecule has 2 N–H and O–H groups in total. The molecule has 0 spiro atoms. The van der Waals surface area contributed by atoms with Gasteiger partial charge in [0.1, 0.15) is 11.6 Å². The number of carbonyl (C=O) groups excluding carboxylic acids is 2. The molecule has 2 fully saturated rings. The van der Waals surface area contributed by atoms with E-state index in [9.17, 15) is 9.59 Å². The molecule has 0 bridgehead atoms. The van der Waals surface area contributed by atoms with Crippen LogP contribution < -0.4 is 10.6 Å². The number of amides is 2. The zero-order chi connectivity index (χ0) is 24.0. The topological polar surface area (TPSA) is 79.9 Å². The van der Waals surface area contributed by atoms with E-state index in [0.717, 1.165) is 32.2 Å². The number of hydrogen-bond donors (Lipinski definition) is 2. The summed E-state index contributed by atoms with van der Waals surface area (Å²) >= 11 is 0. The Morgan fingerprint density at radius 1 is 1.03 bits per heavy atom. The average molecular weight is 460 g/mol. The van der Waals surface area contributed by atoms with Gasteiger partial charge >= 0.3 is 6.09 Å². The van der Waals surface area contributed by atoms with E-state index < -0.39 is 17.7 Å². The number of piperidine rings is 2. The van der Waals surface area contributed by atoms with Crippen LogP contribution in [0.1, 0.15) is 71.9 Å². The largest absolute Gasteiger partial charge is 0.444 e. The Kier molecular flexibility index (Phi) is 8.76. The van der Waals surface area contributed by atoms with Crippen LogP contribution in [0.2, 0.25) is 0 Å². The first-order valence-corrected chi connectivity index (χ1v) is 12.3. The lowest BCUT2D eigenvalue weighted by molar-refractivity contribution is -0.138. The molecule has 2 amide bonds. The first-order valence-electron chi connectivity index (χ1n) is 12.3. The number of nitrogens with zero attached hydrogens (tertiary/aromatic N) is 1. The van der Waals surface area contributed by atoms with Gasteiger partial charge in [-0.25, -0.2) is 4.79 Å². The molecule has 7 heteroatoms. The van der Waals surface area contributed by atoms with Crippen LogP contribution in [0.4, 0.5) is 4.79 Å². The van der Waals surface area contributed by atoms with Crippen molar-refractivity contribution in [2.24, 2.45) is 5.92 Å². The second-order valence-corrected chi connectivity index (χ2v) is 10.6. The summed E-state index contributed by atoms with van der Waals surface area (Å²) < 4.78 is 11.7. The lowest BCUT2D eigenvalue weighted by Crippen LogP contribution is -2.54. The van der Waals surface area contributed by atoms with Crippen molar-refractivity contribution in [1.29, 1.82) is 0 Å². The van der Waals surface area contributed by atoms with Crippen molar-refractivity contribution in [3.8, 4) is 0 Å². The quantitative estimate of drug-likeness (QED) is 0.671. The summed E-state index contributed by atoms with van der Waals surface area (Å²) in [5.41, 5.74) is 0.738. The number of rotatable bonds is 6. The molecule has 2 aliphatic heterocycles. The molecule has 1 aromatic rings. The normalized spacial score (nSPS) is 23.3. The molecule has 3 atom stereocenters. The van der Waals surface area contributed by atoms with E-state index in [1.165, 1.54) is 5.56 Å². The Morgan fingerprint density at radius 3 is 2.24 bits per heavy atom. The van der Waals surface area contributed by atoms with Gasteiger partial charge in [-0.1, -0.05) is 44.2 Å². The summed E-state index contributed by atoms with van der Waals surface area (Å²) in [6.45, 7) is 11.5. The Hall–Kier alpha value is -2.12. The van der Waals surface area contributed by atoms with Crippen LogP contribution in [0.15, 0.2) is 30.3 Å². The summed E-state index contributed by atoms with van der Waals surface area (Å²) in [5.74, 6) is -0.0655. The highest BCUT2D eigenvalue weighted by molar-refractivity contribution is 5.86. The Bertz CT molecular complexity index is 761. The summed E-state index contributed by atoms with van der Waals surface area (Å²) in [5, 5.41) is 6.39. The van der Waals surface area contributed by atoms with Crippen LogP contribution in [0.25, 0.3) is 0 Å². The predicted octanol–water partition coefficient (Wildman–Crippen LogP) is 4.04. The number of alkyl carbamates (subject to hydrolysis) is 1. The van der Waals surface area contributed by atoms with Crippen molar-refractivity contribution < 1.29 is 19.1 Å². The van der Waals surface area contributed by atoms with Gasteiger partial charge in [-0.3, -0.25) is 4.79 Å². The molecular weight excluding hydrogens is 418 g/mol. The Morgan fingerprint density at radius 2 is 1.70 bits per heavy atom. The van der Waals surface area contributed by atoms with Gasteiger partial charge in [-0.05, 0) is 57.9 Å².